The van der Waals surface area contributed by atoms with Gasteiger partial charge in [0.1, 0.15) is 29.0 Å². The van der Waals surface area contributed by atoms with E-state index in [0.717, 1.165) is 10.4 Å². The minimum Gasteiger partial charge on any atom is -0.459 e. The third-order valence-electron chi connectivity index (χ3n) is 4.35. The fraction of sp³-hybridized carbons (Fsp3) is 0.421. The van der Waals surface area contributed by atoms with Crippen molar-refractivity contribution in [2.45, 2.75) is 44.9 Å². The molecule has 1 aliphatic rings. The van der Waals surface area contributed by atoms with Gasteiger partial charge < -0.3 is 10.1 Å². The van der Waals surface area contributed by atoms with Crippen molar-refractivity contribution in [1.29, 1.82) is 0 Å². The number of anilines is 1. The summed E-state index contributed by atoms with van der Waals surface area (Å²) in [6.45, 7) is 4.28. The molecule has 1 fully saturated rings. The van der Waals surface area contributed by atoms with Crippen molar-refractivity contribution in [3.05, 3.63) is 45.6 Å². The van der Waals surface area contributed by atoms with E-state index in [0.29, 0.717) is 5.01 Å². The van der Waals surface area contributed by atoms with E-state index in [4.69, 9.17) is 16.3 Å². The van der Waals surface area contributed by atoms with Gasteiger partial charge >= 0.3 is 5.97 Å². The molecule has 3 rings (SSSR count). The number of nitrogens with one attached hydrogen (secondary N) is 2. The number of hydrogen-bond donors (Lipinski definition) is 2. The summed E-state index contributed by atoms with van der Waals surface area (Å²) in [5, 5.41) is 4.51. The molecule has 0 bridgehead atoms. The van der Waals surface area contributed by atoms with Crippen LogP contribution in [0.3, 0.4) is 0 Å². The molecule has 0 aliphatic carbocycles. The average Bonchev–Trinajstić information content (AvgIpc) is 3.19. The minimum atomic E-state index is -4.25. The molecule has 2 unspecified atom stereocenters. The van der Waals surface area contributed by atoms with Gasteiger partial charge in [-0.15, -0.1) is 11.3 Å². The van der Waals surface area contributed by atoms with Crippen molar-refractivity contribution in [3.63, 3.8) is 0 Å². The highest BCUT2D eigenvalue weighted by Gasteiger charge is 2.45. The van der Waals surface area contributed by atoms with Crippen LogP contribution in [0.25, 0.3) is 0 Å². The topological polar surface area (TPSA) is 118 Å². The first-order chi connectivity index (χ1) is 14.9. The lowest BCUT2D eigenvalue weighted by Crippen LogP contribution is -2.59. The van der Waals surface area contributed by atoms with Crippen LogP contribution < -0.4 is 10.0 Å². The van der Waals surface area contributed by atoms with E-state index in [9.17, 15) is 22.4 Å². The number of hydrogen-bond acceptors (Lipinski definition) is 7. The lowest BCUT2D eigenvalue weighted by atomic mass is 10.1. The fourth-order valence-corrected chi connectivity index (χ4v) is 5.55. The molecule has 0 radical (unpaired) electrons. The van der Waals surface area contributed by atoms with Gasteiger partial charge in [0.15, 0.2) is 0 Å². The maximum Gasteiger partial charge on any atom is 0.321 e. The summed E-state index contributed by atoms with van der Waals surface area (Å²) in [4.78, 5) is 29.6. The molecular weight excluding hydrogens is 483 g/mol. The van der Waals surface area contributed by atoms with E-state index < -0.39 is 52.1 Å². The van der Waals surface area contributed by atoms with Crippen molar-refractivity contribution < 1.29 is 27.1 Å². The molecule has 2 atom stereocenters. The Kier molecular flexibility index (Phi) is 7.20. The average molecular weight is 505 g/mol. The maximum atomic E-state index is 13.4. The predicted molar refractivity (Wildman–Crippen MR) is 118 cm³/mol. The predicted octanol–water partition coefficient (Wildman–Crippen LogP) is 2.87. The monoisotopic (exact) mass is 504 g/mol. The molecule has 1 aliphatic heterocycles. The van der Waals surface area contributed by atoms with Gasteiger partial charge in [-0.3, -0.25) is 9.59 Å². The number of rotatable bonds is 5. The number of ether oxygens (including phenoxy) is 1. The summed E-state index contributed by atoms with van der Waals surface area (Å²) in [5.74, 6) is -2.18. The Morgan fingerprint density at radius 1 is 1.41 bits per heavy atom. The summed E-state index contributed by atoms with van der Waals surface area (Å²) in [6, 6.07) is 1.56. The second kappa shape index (κ2) is 9.40. The zero-order valence-electron chi connectivity index (χ0n) is 17.5. The normalized spacial score (nSPS) is 21.2. The molecule has 1 saturated heterocycles. The lowest BCUT2D eigenvalue weighted by Gasteiger charge is -2.37. The number of carbonyl (C=O) groups excluding carboxylic acids is 2. The number of aromatic nitrogens is 1. The summed E-state index contributed by atoms with van der Waals surface area (Å²) < 4.78 is 47.9. The number of nitrogens with zero attached hydrogens (tertiary/aromatic N) is 2. The van der Waals surface area contributed by atoms with Gasteiger partial charge in [-0.1, -0.05) is 11.6 Å². The molecule has 0 saturated carbocycles. The van der Waals surface area contributed by atoms with Gasteiger partial charge in [-0.2, -0.15) is 17.4 Å². The van der Waals surface area contributed by atoms with Gasteiger partial charge in [-0.25, -0.2) is 9.37 Å². The lowest BCUT2D eigenvalue weighted by molar-refractivity contribution is -0.155. The van der Waals surface area contributed by atoms with Crippen LogP contribution in [0.4, 0.5) is 10.1 Å². The van der Waals surface area contributed by atoms with Crippen molar-refractivity contribution in [2.24, 2.45) is 0 Å². The fourth-order valence-electron chi connectivity index (χ4n) is 3.10. The number of carbonyl (C=O) groups is 2. The van der Waals surface area contributed by atoms with Crippen LogP contribution in [-0.4, -0.2) is 47.8 Å². The van der Waals surface area contributed by atoms with Crippen LogP contribution in [-0.2, 0) is 24.5 Å². The second-order valence-electron chi connectivity index (χ2n) is 8.05. The smallest absolute Gasteiger partial charge is 0.321 e. The maximum absolute atomic E-state index is 13.4. The SMILES string of the molecule is CC(C)(C)OC(=O)CN1C(C(=O)Nc2ccc(F)c(Cl)c2)CC(c2nccs2)NS1(=O)=O. The van der Waals surface area contributed by atoms with Crippen LogP contribution in [0.15, 0.2) is 29.8 Å². The highest BCUT2D eigenvalue weighted by atomic mass is 35.5. The number of benzene rings is 1. The van der Waals surface area contributed by atoms with Crippen LogP contribution >= 0.6 is 22.9 Å². The second-order valence-corrected chi connectivity index (χ2v) is 11.0. The molecule has 0 spiro atoms. The Balaban J connectivity index is 1.90. The zero-order valence-corrected chi connectivity index (χ0v) is 19.9. The van der Waals surface area contributed by atoms with Crippen molar-refractivity contribution in [1.82, 2.24) is 14.0 Å². The molecule has 174 valence electrons. The minimum absolute atomic E-state index is 0.0102. The van der Waals surface area contributed by atoms with Crippen molar-refractivity contribution >= 4 is 50.7 Å². The van der Waals surface area contributed by atoms with Crippen LogP contribution in [0, 0.1) is 5.82 Å². The van der Waals surface area contributed by atoms with E-state index >= 15 is 0 Å². The van der Waals surface area contributed by atoms with Crippen LogP contribution in [0.1, 0.15) is 38.2 Å². The van der Waals surface area contributed by atoms with Crippen molar-refractivity contribution in [3.8, 4) is 0 Å². The molecule has 32 heavy (non-hydrogen) atoms. The molecule has 1 aromatic heterocycles. The molecule has 9 nitrogen and oxygen atoms in total. The number of esters is 1. The van der Waals surface area contributed by atoms with E-state index in [1.807, 2.05) is 0 Å². The molecular formula is C19H22ClFN4O5S2. The Hall–Kier alpha value is -2.12. The Bertz CT molecular complexity index is 1110. The number of halogens is 2. The van der Waals surface area contributed by atoms with E-state index in [2.05, 4.69) is 15.0 Å². The highest BCUT2D eigenvalue weighted by Crippen LogP contribution is 2.31. The highest BCUT2D eigenvalue weighted by molar-refractivity contribution is 7.87. The molecule has 1 amide bonds. The molecule has 1 aromatic carbocycles. The van der Waals surface area contributed by atoms with Crippen LogP contribution in [0.2, 0.25) is 5.02 Å². The van der Waals surface area contributed by atoms with E-state index in [1.54, 1.807) is 26.2 Å². The van der Waals surface area contributed by atoms with Gasteiger partial charge in [0.25, 0.3) is 10.2 Å². The standard InChI is InChI=1S/C19H22ClFN4O5S2/c1-19(2,3)30-16(26)10-25-15(17(27)23-11-4-5-13(21)12(20)8-11)9-14(24-32(25,28)29)18-22-6-7-31-18/h4-8,14-15,24H,9-10H2,1-3H3,(H,23,27). The summed E-state index contributed by atoms with van der Waals surface area (Å²) in [6.07, 6.45) is 1.53. The van der Waals surface area contributed by atoms with E-state index in [1.165, 1.54) is 29.7 Å². The molecule has 13 heteroatoms. The molecule has 2 N–H and O–H groups in total. The largest absolute Gasteiger partial charge is 0.459 e. The Labute approximate surface area is 194 Å². The van der Waals surface area contributed by atoms with Gasteiger partial charge in [0.2, 0.25) is 5.91 Å². The molecule has 2 heterocycles. The third kappa shape index (κ3) is 6.01. The zero-order chi connectivity index (χ0) is 23.7. The quantitative estimate of drug-likeness (QED) is 0.604. The van der Waals surface area contributed by atoms with Crippen molar-refractivity contribution in [2.75, 3.05) is 11.9 Å². The van der Waals surface area contributed by atoms with Crippen LogP contribution in [0.5, 0.6) is 0 Å². The number of amides is 1. The molecule has 2 aromatic rings. The summed E-state index contributed by atoms with van der Waals surface area (Å²) in [5.41, 5.74) is -0.656. The van der Waals surface area contributed by atoms with E-state index in [-0.39, 0.29) is 17.1 Å². The van der Waals surface area contributed by atoms with Gasteiger partial charge in [-0.05, 0) is 45.4 Å². The third-order valence-corrected chi connectivity index (χ3v) is 7.11. The summed E-state index contributed by atoms with van der Waals surface area (Å²) in [7, 11) is -4.25. The first-order valence-electron chi connectivity index (χ1n) is 9.52. The summed E-state index contributed by atoms with van der Waals surface area (Å²) >= 11 is 7.00. The van der Waals surface area contributed by atoms with Gasteiger partial charge in [0.05, 0.1) is 11.1 Å². The first-order valence-corrected chi connectivity index (χ1v) is 12.2. The Morgan fingerprint density at radius 2 is 2.12 bits per heavy atom. The first kappa shape index (κ1) is 24.5. The Morgan fingerprint density at radius 3 is 2.72 bits per heavy atom. The number of thiazole rings is 1. The van der Waals surface area contributed by atoms with Gasteiger partial charge in [0, 0.05) is 17.3 Å².